The minimum atomic E-state index is -2.14. The topological polar surface area (TPSA) is 198 Å². The Morgan fingerprint density at radius 3 is 2.15 bits per heavy atom. The van der Waals surface area contributed by atoms with Crippen LogP contribution in [-0.2, 0) is 28.5 Å². The maximum atomic E-state index is 14.7. The van der Waals surface area contributed by atoms with Crippen molar-refractivity contribution in [2.75, 3.05) is 13.7 Å². The van der Waals surface area contributed by atoms with E-state index in [1.165, 1.54) is 6.92 Å². The summed E-state index contributed by atoms with van der Waals surface area (Å²) in [7, 11) is 1.13. The van der Waals surface area contributed by atoms with Crippen LogP contribution in [0.4, 0.5) is 4.79 Å². The van der Waals surface area contributed by atoms with Gasteiger partial charge in [0.25, 0.3) is 0 Å². The molecule has 2 aromatic rings. The first kappa shape index (κ1) is 37.6. The Balaban J connectivity index is 1.48. The molecule has 1 heterocycles. The minimum Gasteiger partial charge on any atom is -0.456 e. The molecule has 0 aromatic heterocycles. The zero-order valence-electron chi connectivity index (χ0n) is 30.1. The van der Waals surface area contributed by atoms with E-state index >= 15 is 0 Å². The highest BCUT2D eigenvalue weighted by Crippen LogP contribution is 2.65. The molecule has 0 spiro atoms. The van der Waals surface area contributed by atoms with Gasteiger partial charge in [-0.3, -0.25) is 4.79 Å². The molecular weight excluding hydrogens is 674 g/mol. The third-order valence-electron chi connectivity index (χ3n) is 12.5. The molecule has 52 heavy (non-hydrogen) atoms. The first-order valence-corrected chi connectivity index (χ1v) is 17.4. The molecule has 13 heteroatoms. The van der Waals surface area contributed by atoms with Crippen LogP contribution in [0.25, 0.3) is 0 Å². The third-order valence-corrected chi connectivity index (χ3v) is 12.5. The summed E-state index contributed by atoms with van der Waals surface area (Å²) in [6.45, 7) is 8.33. The monoisotopic (exact) mass is 721 g/mol. The molecular formula is C39H47NO12. The zero-order valence-corrected chi connectivity index (χ0v) is 30.1. The Morgan fingerprint density at radius 1 is 0.962 bits per heavy atom. The van der Waals surface area contributed by atoms with E-state index in [1.54, 1.807) is 81.4 Å². The van der Waals surface area contributed by atoms with Crippen molar-refractivity contribution in [1.29, 1.82) is 0 Å². The average Bonchev–Trinajstić information content (AvgIpc) is 3.12. The van der Waals surface area contributed by atoms with Crippen molar-refractivity contribution in [3.63, 3.8) is 0 Å². The number of amides is 1. The van der Waals surface area contributed by atoms with Crippen LogP contribution in [0.5, 0.6) is 0 Å². The summed E-state index contributed by atoms with van der Waals surface area (Å²) in [4.78, 5) is 54.7. The molecule has 0 radical (unpaired) electrons. The van der Waals surface area contributed by atoms with Crippen LogP contribution < -0.4 is 5.32 Å². The van der Waals surface area contributed by atoms with Crippen LogP contribution in [0.2, 0.25) is 0 Å². The number of benzene rings is 2. The normalized spacial score (nSPS) is 36.0. The van der Waals surface area contributed by atoms with Crippen molar-refractivity contribution in [2.24, 2.45) is 22.2 Å². The van der Waals surface area contributed by atoms with Crippen molar-refractivity contribution >= 4 is 23.8 Å². The van der Waals surface area contributed by atoms with Crippen LogP contribution in [0.1, 0.15) is 69.4 Å². The number of Topliss-reactive ketones (excluding diaryl/α,β-unsaturated/α-hetero) is 1. The Morgan fingerprint density at radius 2 is 1.58 bits per heavy atom. The first-order valence-electron chi connectivity index (χ1n) is 17.4. The van der Waals surface area contributed by atoms with Gasteiger partial charge in [-0.15, -0.1) is 0 Å². The molecule has 0 unspecified atom stereocenters. The standard InChI is InChI=1S/C39H47NO12/c1-20-23(51-34(46)29(43)27(40-35(47)49-6)21-13-9-7-10-14-21)18-39(48)32(52-33(45)22-15-11-8-12-16-22)30-37(4)19-50-25(37)17-24(41)38(30,5)31(44)28(42)26(20)36(39,2)3/h7-16,23-25,27-30,32,41-43,48H,17-19H2,1-6H3,(H,40,47)/t23-,24-,25+,27-,28+,29+,30+,32-,37+,38+,39+/m0/s1. The van der Waals surface area contributed by atoms with Gasteiger partial charge in [0.2, 0.25) is 0 Å². The molecule has 3 fully saturated rings. The van der Waals surface area contributed by atoms with Gasteiger partial charge >= 0.3 is 18.0 Å². The van der Waals surface area contributed by atoms with E-state index in [9.17, 15) is 39.6 Å². The predicted octanol–water partition coefficient (Wildman–Crippen LogP) is 2.80. The number of fused-ring (bicyclic) bond motifs is 5. The van der Waals surface area contributed by atoms with Gasteiger partial charge in [0, 0.05) is 29.6 Å². The van der Waals surface area contributed by atoms with Gasteiger partial charge in [-0.05, 0) is 42.7 Å². The fourth-order valence-corrected chi connectivity index (χ4v) is 9.32. The highest BCUT2D eigenvalue weighted by molar-refractivity contribution is 5.94. The van der Waals surface area contributed by atoms with Gasteiger partial charge in [-0.1, -0.05) is 69.3 Å². The van der Waals surface area contributed by atoms with Gasteiger partial charge in [-0.2, -0.15) is 0 Å². The summed E-state index contributed by atoms with van der Waals surface area (Å²) in [5.41, 5.74) is -5.39. The smallest absolute Gasteiger partial charge is 0.407 e. The maximum Gasteiger partial charge on any atom is 0.407 e. The largest absolute Gasteiger partial charge is 0.456 e. The van der Waals surface area contributed by atoms with Gasteiger partial charge in [0.05, 0.1) is 42.9 Å². The van der Waals surface area contributed by atoms with E-state index in [1.807, 2.05) is 6.92 Å². The van der Waals surface area contributed by atoms with Crippen LogP contribution >= 0.6 is 0 Å². The van der Waals surface area contributed by atoms with Gasteiger partial charge < -0.3 is 44.7 Å². The number of hydrogen-bond acceptors (Lipinski definition) is 12. The molecule has 2 saturated carbocycles. The molecule has 6 rings (SSSR count). The Hall–Kier alpha value is -4.14. The molecule has 3 aliphatic carbocycles. The van der Waals surface area contributed by atoms with Crippen LogP contribution in [0.3, 0.4) is 0 Å². The maximum absolute atomic E-state index is 14.7. The predicted molar refractivity (Wildman–Crippen MR) is 183 cm³/mol. The van der Waals surface area contributed by atoms with E-state index < -0.39 is 94.2 Å². The zero-order chi connectivity index (χ0) is 38.0. The Labute approximate surface area is 301 Å². The molecule has 1 amide bonds. The molecule has 5 N–H and O–H groups in total. The summed E-state index contributed by atoms with van der Waals surface area (Å²) in [6, 6.07) is 15.1. The number of carbonyl (C=O) groups excluding carboxylic acids is 4. The Bertz CT molecular complexity index is 1760. The van der Waals surface area contributed by atoms with E-state index in [2.05, 4.69) is 5.32 Å². The number of ketones is 1. The number of hydrogen-bond donors (Lipinski definition) is 5. The molecule has 2 aromatic carbocycles. The highest BCUT2D eigenvalue weighted by Gasteiger charge is 2.75. The molecule has 1 aliphatic heterocycles. The number of aliphatic hydroxyl groups excluding tert-OH is 3. The number of ether oxygens (including phenoxy) is 4. The van der Waals surface area contributed by atoms with Crippen molar-refractivity contribution in [2.45, 2.75) is 95.7 Å². The highest BCUT2D eigenvalue weighted by atomic mass is 16.6. The number of nitrogens with one attached hydrogen (secondary N) is 1. The number of carbonyl (C=O) groups is 4. The lowest BCUT2D eigenvalue weighted by atomic mass is 9.42. The van der Waals surface area contributed by atoms with Crippen molar-refractivity contribution in [1.82, 2.24) is 5.32 Å². The summed E-state index contributed by atoms with van der Waals surface area (Å²) < 4.78 is 22.9. The van der Waals surface area contributed by atoms with Gasteiger partial charge in [0.15, 0.2) is 11.9 Å². The molecule has 13 nitrogen and oxygen atoms in total. The third kappa shape index (κ3) is 5.65. The SMILES string of the molecule is COC(=O)N[C@@H](c1ccccc1)[C@@H](O)C(=O)O[C@H]1C[C@@]2(O)[C@@H](OC(=O)c3ccccc3)[C@@H]3[C@]4(C)CO[C@@H]4C[C@H](O)[C@@]3(C)C(=O)[C@H](O)C(=C1C)C2(C)C. The quantitative estimate of drug-likeness (QED) is 0.160. The second-order valence-corrected chi connectivity index (χ2v) is 15.5. The second kappa shape index (κ2) is 13.4. The van der Waals surface area contributed by atoms with Gasteiger partial charge in [0.1, 0.15) is 23.9 Å². The minimum absolute atomic E-state index is 0.0376. The average molecular weight is 722 g/mol. The van der Waals surface area contributed by atoms with Crippen molar-refractivity contribution in [3.8, 4) is 0 Å². The fraction of sp³-hybridized carbons (Fsp3) is 0.538. The first-order chi connectivity index (χ1) is 24.4. The number of methoxy groups -OCH3 is 1. The number of aliphatic hydroxyl groups is 4. The molecule has 2 bridgehead atoms. The molecule has 4 aliphatic rings. The summed E-state index contributed by atoms with van der Waals surface area (Å²) in [6.07, 6.45) is -9.76. The van der Waals surface area contributed by atoms with Crippen LogP contribution in [0.15, 0.2) is 71.8 Å². The number of alkyl carbamates (subject to hydrolysis) is 1. The van der Waals surface area contributed by atoms with E-state index in [-0.39, 0.29) is 36.2 Å². The van der Waals surface area contributed by atoms with Crippen molar-refractivity contribution in [3.05, 3.63) is 82.9 Å². The van der Waals surface area contributed by atoms with Gasteiger partial charge in [-0.25, -0.2) is 14.4 Å². The van der Waals surface area contributed by atoms with Crippen LogP contribution in [0, 0.1) is 22.2 Å². The second-order valence-electron chi connectivity index (χ2n) is 15.5. The number of esters is 2. The van der Waals surface area contributed by atoms with E-state index in [0.717, 1.165) is 7.11 Å². The molecule has 280 valence electrons. The van der Waals surface area contributed by atoms with Crippen molar-refractivity contribution < 1.29 is 58.6 Å². The summed E-state index contributed by atoms with van der Waals surface area (Å²) >= 11 is 0. The Kier molecular flexibility index (Phi) is 9.67. The summed E-state index contributed by atoms with van der Waals surface area (Å²) in [5.74, 6) is -3.78. The molecule has 11 atom stereocenters. The van der Waals surface area contributed by atoms with E-state index in [0.29, 0.717) is 5.56 Å². The number of rotatable bonds is 7. The molecule has 1 saturated heterocycles. The lowest BCUT2D eigenvalue weighted by molar-refractivity contribution is -0.313. The lowest BCUT2D eigenvalue weighted by Gasteiger charge is -2.68. The lowest BCUT2D eigenvalue weighted by Crippen LogP contribution is -2.77. The summed E-state index contributed by atoms with van der Waals surface area (Å²) in [5, 5.41) is 50.8. The van der Waals surface area contributed by atoms with Crippen LogP contribution in [-0.4, -0.2) is 100 Å². The van der Waals surface area contributed by atoms with E-state index in [4.69, 9.17) is 18.9 Å². The fourth-order valence-electron chi connectivity index (χ4n) is 9.32.